The molecule has 1 saturated heterocycles. The lowest BCUT2D eigenvalue weighted by Gasteiger charge is -2.27. The average Bonchev–Trinajstić information content (AvgIpc) is 2.16. The highest BCUT2D eigenvalue weighted by Crippen LogP contribution is 2.19. The zero-order valence-corrected chi connectivity index (χ0v) is 9.65. The zero-order chi connectivity index (χ0) is 8.97. The summed E-state index contributed by atoms with van der Waals surface area (Å²) < 4.78 is 0. The van der Waals surface area contributed by atoms with Crippen LogP contribution in [0, 0.1) is 5.92 Å². The van der Waals surface area contributed by atoms with Crippen molar-refractivity contribution in [2.24, 2.45) is 11.7 Å². The van der Waals surface area contributed by atoms with Crippen molar-refractivity contribution >= 4 is 12.4 Å². The van der Waals surface area contributed by atoms with E-state index < -0.39 is 0 Å². The lowest BCUT2D eigenvalue weighted by molar-refractivity contribution is 0.200. The summed E-state index contributed by atoms with van der Waals surface area (Å²) in [4.78, 5) is 2.54. The van der Waals surface area contributed by atoms with Gasteiger partial charge in [0.25, 0.3) is 0 Å². The van der Waals surface area contributed by atoms with Gasteiger partial charge in [-0.25, -0.2) is 0 Å². The highest BCUT2D eigenvalue weighted by atomic mass is 35.5. The van der Waals surface area contributed by atoms with E-state index in [9.17, 15) is 0 Å². The van der Waals surface area contributed by atoms with Crippen LogP contribution >= 0.6 is 12.4 Å². The first kappa shape index (κ1) is 13.2. The van der Waals surface area contributed by atoms with Gasteiger partial charge in [-0.2, -0.15) is 0 Å². The summed E-state index contributed by atoms with van der Waals surface area (Å²) in [6, 6.07) is 0.749. The minimum atomic E-state index is 0. The van der Waals surface area contributed by atoms with Crippen molar-refractivity contribution in [3.05, 3.63) is 0 Å². The zero-order valence-electron chi connectivity index (χ0n) is 8.83. The van der Waals surface area contributed by atoms with Gasteiger partial charge in [0.2, 0.25) is 0 Å². The largest absolute Gasteiger partial charge is 0.329 e. The number of rotatable bonds is 2. The van der Waals surface area contributed by atoms with E-state index in [0.717, 1.165) is 25.0 Å². The Morgan fingerprint density at radius 1 is 1.31 bits per heavy atom. The summed E-state index contributed by atoms with van der Waals surface area (Å²) in [6.07, 6.45) is 4.14. The Kier molecular flexibility index (Phi) is 6.74. The molecule has 1 fully saturated rings. The Morgan fingerprint density at radius 3 is 2.62 bits per heavy atom. The van der Waals surface area contributed by atoms with Gasteiger partial charge in [0.1, 0.15) is 0 Å². The molecule has 0 spiro atoms. The molecule has 0 amide bonds. The first-order chi connectivity index (χ1) is 5.74. The molecular formula is C10H23ClN2. The molecule has 1 aliphatic rings. The predicted molar refractivity (Wildman–Crippen MR) is 60.4 cm³/mol. The van der Waals surface area contributed by atoms with E-state index in [1.807, 2.05) is 0 Å². The first-order valence-corrected chi connectivity index (χ1v) is 5.18. The molecule has 80 valence electrons. The van der Waals surface area contributed by atoms with E-state index in [1.54, 1.807) is 0 Å². The molecule has 0 saturated carbocycles. The minimum Gasteiger partial charge on any atom is -0.329 e. The smallest absolute Gasteiger partial charge is 0.0108 e. The molecule has 2 nitrogen and oxygen atoms in total. The van der Waals surface area contributed by atoms with Crippen LogP contribution in [-0.2, 0) is 0 Å². The van der Waals surface area contributed by atoms with Gasteiger partial charge in [-0.05, 0) is 25.7 Å². The molecule has 0 aromatic heterocycles. The highest BCUT2D eigenvalue weighted by Gasteiger charge is 2.19. The third-order valence-corrected chi connectivity index (χ3v) is 2.90. The average molecular weight is 207 g/mol. The van der Waals surface area contributed by atoms with Crippen molar-refractivity contribution < 1.29 is 0 Å². The third kappa shape index (κ3) is 4.30. The molecule has 2 N–H and O–H groups in total. The van der Waals surface area contributed by atoms with E-state index in [1.165, 1.54) is 25.8 Å². The van der Waals surface area contributed by atoms with Crippen molar-refractivity contribution in [2.75, 3.05) is 19.6 Å². The lowest BCUT2D eigenvalue weighted by atomic mass is 10.1. The second-order valence-corrected chi connectivity index (χ2v) is 4.17. The highest BCUT2D eigenvalue weighted by molar-refractivity contribution is 5.85. The number of nitrogens with zero attached hydrogens (tertiary/aromatic N) is 1. The predicted octanol–water partition coefficient (Wildman–Crippen LogP) is 1.88. The topological polar surface area (TPSA) is 29.3 Å². The maximum absolute atomic E-state index is 5.58. The molecule has 1 heterocycles. The Morgan fingerprint density at radius 2 is 2.00 bits per heavy atom. The lowest BCUT2D eigenvalue weighted by Crippen LogP contribution is -2.38. The van der Waals surface area contributed by atoms with Crippen LogP contribution < -0.4 is 5.73 Å². The van der Waals surface area contributed by atoms with Gasteiger partial charge in [-0.1, -0.05) is 13.3 Å². The van der Waals surface area contributed by atoms with Gasteiger partial charge in [0.15, 0.2) is 0 Å². The van der Waals surface area contributed by atoms with Gasteiger partial charge >= 0.3 is 0 Å². The van der Waals surface area contributed by atoms with E-state index in [4.69, 9.17) is 5.73 Å². The third-order valence-electron chi connectivity index (χ3n) is 2.90. The van der Waals surface area contributed by atoms with Crippen molar-refractivity contribution in [2.45, 2.75) is 39.2 Å². The van der Waals surface area contributed by atoms with Crippen LogP contribution in [0.1, 0.15) is 33.1 Å². The monoisotopic (exact) mass is 206 g/mol. The summed E-state index contributed by atoms with van der Waals surface area (Å²) in [5, 5.41) is 0. The molecule has 3 heteroatoms. The Labute approximate surface area is 88.3 Å². The fourth-order valence-electron chi connectivity index (χ4n) is 2.09. The second-order valence-electron chi connectivity index (χ2n) is 4.17. The molecular weight excluding hydrogens is 184 g/mol. The van der Waals surface area contributed by atoms with Crippen molar-refractivity contribution in [3.8, 4) is 0 Å². The first-order valence-electron chi connectivity index (χ1n) is 5.18. The second kappa shape index (κ2) is 6.63. The van der Waals surface area contributed by atoms with E-state index >= 15 is 0 Å². The molecule has 2 atom stereocenters. The summed E-state index contributed by atoms with van der Waals surface area (Å²) in [5.74, 6) is 0.862. The maximum Gasteiger partial charge on any atom is 0.0108 e. The molecule has 0 aromatic rings. The van der Waals surface area contributed by atoms with E-state index in [2.05, 4.69) is 18.7 Å². The van der Waals surface area contributed by atoms with Crippen molar-refractivity contribution in [3.63, 3.8) is 0 Å². The van der Waals surface area contributed by atoms with Gasteiger partial charge < -0.3 is 5.73 Å². The van der Waals surface area contributed by atoms with Crippen LogP contribution in [0.25, 0.3) is 0 Å². The van der Waals surface area contributed by atoms with E-state index in [-0.39, 0.29) is 12.4 Å². The number of likely N-dealkylation sites (tertiary alicyclic amines) is 1. The Hall–Kier alpha value is 0.210. The van der Waals surface area contributed by atoms with Gasteiger partial charge in [-0.15, -0.1) is 12.4 Å². The minimum absolute atomic E-state index is 0. The van der Waals surface area contributed by atoms with Gasteiger partial charge in [0, 0.05) is 25.7 Å². The van der Waals surface area contributed by atoms with Crippen molar-refractivity contribution in [1.82, 2.24) is 4.90 Å². The number of nitrogens with two attached hydrogens (primary N) is 1. The molecule has 1 rings (SSSR count). The summed E-state index contributed by atoms with van der Waals surface area (Å²) in [7, 11) is 0. The fourth-order valence-corrected chi connectivity index (χ4v) is 2.09. The number of hydrogen-bond donors (Lipinski definition) is 1. The molecule has 13 heavy (non-hydrogen) atoms. The van der Waals surface area contributed by atoms with Crippen molar-refractivity contribution in [1.29, 1.82) is 0 Å². The summed E-state index contributed by atoms with van der Waals surface area (Å²) in [5.41, 5.74) is 5.58. The van der Waals surface area contributed by atoms with Crippen LogP contribution in [0.5, 0.6) is 0 Å². The Bertz CT molecular complexity index is 130. The summed E-state index contributed by atoms with van der Waals surface area (Å²) >= 11 is 0. The summed E-state index contributed by atoms with van der Waals surface area (Å²) in [6.45, 7) is 7.80. The van der Waals surface area contributed by atoms with E-state index in [0.29, 0.717) is 0 Å². The van der Waals surface area contributed by atoms with Crippen LogP contribution in [0.15, 0.2) is 0 Å². The standard InChI is InChI=1S/C10H22N2.ClH/c1-9-4-3-5-10(2)12(8-9)7-6-11;/h9-10H,3-8,11H2,1-2H3;1H. The molecule has 0 aliphatic carbocycles. The molecule has 0 bridgehead atoms. The van der Waals surface area contributed by atoms with Crippen LogP contribution in [-0.4, -0.2) is 30.6 Å². The van der Waals surface area contributed by atoms with Crippen LogP contribution in [0.2, 0.25) is 0 Å². The van der Waals surface area contributed by atoms with Gasteiger partial charge in [-0.3, -0.25) is 4.90 Å². The number of halogens is 1. The van der Waals surface area contributed by atoms with Crippen LogP contribution in [0.4, 0.5) is 0 Å². The van der Waals surface area contributed by atoms with Gasteiger partial charge in [0.05, 0.1) is 0 Å². The maximum atomic E-state index is 5.58. The Balaban J connectivity index is 0.00000144. The SMILES string of the molecule is CC1CCCC(C)N(CCN)C1.Cl. The molecule has 2 unspecified atom stereocenters. The molecule has 0 aromatic carbocycles. The number of hydrogen-bond acceptors (Lipinski definition) is 2. The molecule has 0 radical (unpaired) electrons. The quantitative estimate of drug-likeness (QED) is 0.748. The molecule has 1 aliphatic heterocycles. The fraction of sp³-hybridized carbons (Fsp3) is 1.00. The normalized spacial score (nSPS) is 30.7. The van der Waals surface area contributed by atoms with Crippen LogP contribution in [0.3, 0.4) is 0 Å².